The summed E-state index contributed by atoms with van der Waals surface area (Å²) in [7, 11) is 1.98. The fourth-order valence-electron chi connectivity index (χ4n) is 2.84. The molecule has 0 aromatic heterocycles. The first kappa shape index (κ1) is 14.1. The third kappa shape index (κ3) is 3.35. The molecule has 1 aliphatic rings. The van der Waals surface area contributed by atoms with E-state index in [2.05, 4.69) is 11.4 Å². The van der Waals surface area contributed by atoms with E-state index in [1.807, 2.05) is 37.9 Å². The number of rotatable bonds is 3. The van der Waals surface area contributed by atoms with Crippen LogP contribution in [0.25, 0.3) is 0 Å². The maximum atomic E-state index is 12.6. The Bertz CT molecular complexity index is 454. The number of carbonyl (C=O) groups excluding carboxylic acids is 1. The highest BCUT2D eigenvalue weighted by Crippen LogP contribution is 2.20. The normalized spacial score (nSPS) is 19.5. The van der Waals surface area contributed by atoms with Gasteiger partial charge in [0, 0.05) is 18.7 Å². The minimum atomic E-state index is 0.196. The van der Waals surface area contributed by atoms with Crippen LogP contribution in [0.3, 0.4) is 0 Å². The summed E-state index contributed by atoms with van der Waals surface area (Å²) in [5.74, 6) is 0.787. The van der Waals surface area contributed by atoms with Gasteiger partial charge >= 0.3 is 0 Å². The molecule has 1 aromatic rings. The lowest BCUT2D eigenvalue weighted by atomic mass is 9.96. The van der Waals surface area contributed by atoms with Crippen molar-refractivity contribution in [1.29, 1.82) is 0 Å². The van der Waals surface area contributed by atoms with Gasteiger partial charge in [-0.2, -0.15) is 0 Å². The Hall–Kier alpha value is -1.35. The highest BCUT2D eigenvalue weighted by Gasteiger charge is 2.24. The van der Waals surface area contributed by atoms with Crippen molar-refractivity contribution in [1.82, 2.24) is 10.2 Å². The second-order valence-electron chi connectivity index (χ2n) is 5.64. The first-order valence-corrected chi connectivity index (χ1v) is 7.13. The van der Waals surface area contributed by atoms with Crippen molar-refractivity contribution in [3.8, 4) is 0 Å². The van der Waals surface area contributed by atoms with Gasteiger partial charge in [0.05, 0.1) is 0 Å². The Balaban J connectivity index is 2.12. The van der Waals surface area contributed by atoms with Crippen LogP contribution in [-0.2, 0) is 0 Å². The van der Waals surface area contributed by atoms with Crippen LogP contribution in [0.5, 0.6) is 0 Å². The van der Waals surface area contributed by atoms with Crippen molar-refractivity contribution in [2.45, 2.75) is 26.7 Å². The van der Waals surface area contributed by atoms with Gasteiger partial charge in [0.2, 0.25) is 0 Å². The van der Waals surface area contributed by atoms with E-state index in [9.17, 15) is 4.79 Å². The zero-order valence-electron chi connectivity index (χ0n) is 12.2. The molecule has 1 N–H and O–H groups in total. The second kappa shape index (κ2) is 6.20. The van der Waals surface area contributed by atoms with Crippen LogP contribution in [0.2, 0.25) is 0 Å². The molecule has 1 atom stereocenters. The predicted molar refractivity (Wildman–Crippen MR) is 78.5 cm³/mol. The van der Waals surface area contributed by atoms with Gasteiger partial charge in [-0.1, -0.05) is 17.7 Å². The average Bonchev–Trinajstić information content (AvgIpc) is 2.41. The fraction of sp³-hybridized carbons (Fsp3) is 0.562. The van der Waals surface area contributed by atoms with Crippen LogP contribution in [0.1, 0.15) is 34.3 Å². The van der Waals surface area contributed by atoms with Crippen molar-refractivity contribution in [3.05, 3.63) is 34.9 Å². The quantitative estimate of drug-likeness (QED) is 0.905. The number of benzene rings is 1. The van der Waals surface area contributed by atoms with E-state index >= 15 is 0 Å². The molecule has 2 rings (SSSR count). The number of nitrogens with one attached hydrogen (secondary N) is 1. The summed E-state index contributed by atoms with van der Waals surface area (Å²) in [6.07, 6.45) is 2.33. The number of piperidine rings is 1. The standard InChI is InChI=1S/C16H24N2O/c1-12-6-7-13(2)15(9-12)16(19)18-8-4-5-14(11-18)10-17-3/h6-7,9,14,17H,4-5,8,10-11H2,1-3H3/t14-/m1/s1. The van der Waals surface area contributed by atoms with Crippen molar-refractivity contribution >= 4 is 5.91 Å². The minimum absolute atomic E-state index is 0.196. The number of carbonyl (C=O) groups is 1. The molecule has 0 unspecified atom stereocenters. The van der Waals surface area contributed by atoms with Gasteiger partial charge in [0.1, 0.15) is 0 Å². The number of likely N-dealkylation sites (tertiary alicyclic amines) is 1. The molecule has 0 spiro atoms. The number of nitrogens with zero attached hydrogens (tertiary/aromatic N) is 1. The Morgan fingerprint density at radius 3 is 2.95 bits per heavy atom. The molecule has 0 radical (unpaired) electrons. The van der Waals surface area contributed by atoms with E-state index in [4.69, 9.17) is 0 Å². The number of amides is 1. The average molecular weight is 260 g/mol. The van der Waals surface area contributed by atoms with Gasteiger partial charge in [0.15, 0.2) is 0 Å². The van der Waals surface area contributed by atoms with Crippen LogP contribution < -0.4 is 5.32 Å². The molecule has 0 bridgehead atoms. The highest BCUT2D eigenvalue weighted by atomic mass is 16.2. The van der Waals surface area contributed by atoms with E-state index in [1.165, 1.54) is 6.42 Å². The van der Waals surface area contributed by atoms with E-state index in [0.717, 1.165) is 42.7 Å². The van der Waals surface area contributed by atoms with Gasteiger partial charge in [-0.3, -0.25) is 4.79 Å². The SMILES string of the molecule is CNC[C@H]1CCCN(C(=O)c2cc(C)ccc2C)C1. The Morgan fingerprint density at radius 2 is 2.21 bits per heavy atom. The van der Waals surface area contributed by atoms with Gasteiger partial charge < -0.3 is 10.2 Å². The summed E-state index contributed by atoms with van der Waals surface area (Å²) < 4.78 is 0. The largest absolute Gasteiger partial charge is 0.338 e. The summed E-state index contributed by atoms with van der Waals surface area (Å²) in [4.78, 5) is 14.6. The summed E-state index contributed by atoms with van der Waals surface area (Å²) in [5.41, 5.74) is 3.09. The maximum Gasteiger partial charge on any atom is 0.254 e. The smallest absolute Gasteiger partial charge is 0.254 e. The third-order valence-corrected chi connectivity index (χ3v) is 3.92. The first-order chi connectivity index (χ1) is 9.11. The minimum Gasteiger partial charge on any atom is -0.338 e. The third-order valence-electron chi connectivity index (χ3n) is 3.92. The molecular weight excluding hydrogens is 236 g/mol. The molecule has 19 heavy (non-hydrogen) atoms. The van der Waals surface area contributed by atoms with Gasteiger partial charge in [-0.05, 0) is 57.8 Å². The molecule has 1 fully saturated rings. The second-order valence-corrected chi connectivity index (χ2v) is 5.64. The monoisotopic (exact) mass is 260 g/mol. The fourth-order valence-corrected chi connectivity index (χ4v) is 2.84. The lowest BCUT2D eigenvalue weighted by Gasteiger charge is -2.33. The molecule has 1 heterocycles. The molecule has 1 aromatic carbocycles. The number of aryl methyl sites for hydroxylation is 2. The van der Waals surface area contributed by atoms with Gasteiger partial charge in [-0.25, -0.2) is 0 Å². The maximum absolute atomic E-state index is 12.6. The van der Waals surface area contributed by atoms with Crippen LogP contribution in [0, 0.1) is 19.8 Å². The zero-order chi connectivity index (χ0) is 13.8. The van der Waals surface area contributed by atoms with Crippen LogP contribution in [0.4, 0.5) is 0 Å². The van der Waals surface area contributed by atoms with Crippen molar-refractivity contribution in [3.63, 3.8) is 0 Å². The summed E-state index contributed by atoms with van der Waals surface area (Å²) in [6.45, 7) is 6.83. The lowest BCUT2D eigenvalue weighted by Crippen LogP contribution is -2.42. The van der Waals surface area contributed by atoms with Gasteiger partial charge in [-0.15, -0.1) is 0 Å². The van der Waals surface area contributed by atoms with E-state index in [0.29, 0.717) is 5.92 Å². The Labute approximate surface area is 116 Å². The summed E-state index contributed by atoms with van der Waals surface area (Å²) in [5, 5.41) is 3.22. The highest BCUT2D eigenvalue weighted by molar-refractivity contribution is 5.95. The molecule has 3 nitrogen and oxygen atoms in total. The van der Waals surface area contributed by atoms with Crippen molar-refractivity contribution < 1.29 is 4.79 Å². The molecule has 3 heteroatoms. The Kier molecular flexibility index (Phi) is 4.59. The predicted octanol–water partition coefficient (Wildman–Crippen LogP) is 2.38. The van der Waals surface area contributed by atoms with Gasteiger partial charge in [0.25, 0.3) is 5.91 Å². The molecule has 104 valence electrons. The summed E-state index contributed by atoms with van der Waals surface area (Å²) in [6, 6.07) is 6.11. The first-order valence-electron chi connectivity index (χ1n) is 7.13. The number of hydrogen-bond acceptors (Lipinski definition) is 2. The molecule has 0 saturated carbocycles. The van der Waals surface area contributed by atoms with E-state index < -0.39 is 0 Å². The molecule has 0 aliphatic carbocycles. The lowest BCUT2D eigenvalue weighted by molar-refractivity contribution is 0.0673. The van der Waals surface area contributed by atoms with E-state index in [-0.39, 0.29) is 5.91 Å². The topological polar surface area (TPSA) is 32.3 Å². The Morgan fingerprint density at radius 1 is 1.42 bits per heavy atom. The molecule has 1 saturated heterocycles. The van der Waals surface area contributed by atoms with Crippen LogP contribution in [0.15, 0.2) is 18.2 Å². The van der Waals surface area contributed by atoms with Crippen LogP contribution in [-0.4, -0.2) is 37.5 Å². The molecule has 1 aliphatic heterocycles. The van der Waals surface area contributed by atoms with Crippen molar-refractivity contribution in [2.75, 3.05) is 26.7 Å². The molecule has 1 amide bonds. The molecular formula is C16H24N2O. The van der Waals surface area contributed by atoms with E-state index in [1.54, 1.807) is 0 Å². The van der Waals surface area contributed by atoms with Crippen molar-refractivity contribution in [2.24, 2.45) is 5.92 Å². The zero-order valence-corrected chi connectivity index (χ0v) is 12.2. The summed E-state index contributed by atoms with van der Waals surface area (Å²) >= 11 is 0. The van der Waals surface area contributed by atoms with Crippen LogP contribution >= 0.6 is 0 Å². The number of hydrogen-bond donors (Lipinski definition) is 1.